The van der Waals surface area contributed by atoms with E-state index < -0.39 is 28.0 Å². The maximum Gasteiger partial charge on any atom is 0.383 e. The Kier molecular flexibility index (Phi) is 7.76. The van der Waals surface area contributed by atoms with E-state index in [-0.39, 0.29) is 43.1 Å². The molecule has 3 heterocycles. The number of aromatic nitrogens is 3. The highest BCUT2D eigenvalue weighted by atomic mass is 35.5. The molecule has 0 spiro atoms. The molecular formula is C22H21ClF2N6O3S. The summed E-state index contributed by atoms with van der Waals surface area (Å²) in [4.78, 5) is 20.4. The average Bonchev–Trinajstić information content (AvgIpc) is 3.14. The number of halogens is 3. The quantitative estimate of drug-likeness (QED) is 0.388. The van der Waals surface area contributed by atoms with E-state index in [1.165, 1.54) is 16.8 Å². The Bertz CT molecular complexity index is 1330. The smallest absolute Gasteiger partial charge is 0.383 e. The van der Waals surface area contributed by atoms with E-state index in [2.05, 4.69) is 16.0 Å². The molecule has 0 bridgehead atoms. The van der Waals surface area contributed by atoms with Crippen LogP contribution >= 0.6 is 25.1 Å². The molecule has 9 nitrogen and oxygen atoms in total. The molecule has 0 unspecified atom stereocenters. The van der Waals surface area contributed by atoms with Gasteiger partial charge in [0.1, 0.15) is 12.3 Å². The fourth-order valence-corrected chi connectivity index (χ4v) is 4.29. The van der Waals surface area contributed by atoms with E-state index in [0.29, 0.717) is 25.1 Å². The first-order valence-corrected chi connectivity index (χ1v) is 10.6. The van der Waals surface area contributed by atoms with Gasteiger partial charge in [0.2, 0.25) is 0 Å². The highest BCUT2D eigenvalue weighted by Gasteiger charge is 2.30. The van der Waals surface area contributed by atoms with E-state index in [4.69, 9.17) is 11.6 Å². The monoisotopic (exact) mass is 522 g/mol. The summed E-state index contributed by atoms with van der Waals surface area (Å²) in [5.74, 6) is -2.40. The summed E-state index contributed by atoms with van der Waals surface area (Å²) < 4.78 is 28.3. The minimum absolute atomic E-state index is 0. The van der Waals surface area contributed by atoms with Crippen molar-refractivity contribution < 1.29 is 18.8 Å². The van der Waals surface area contributed by atoms with E-state index in [1.807, 2.05) is 4.90 Å². The first-order chi connectivity index (χ1) is 16.1. The molecule has 0 saturated heterocycles. The Morgan fingerprint density at radius 2 is 2.03 bits per heavy atom. The first kappa shape index (κ1) is 26.5. The van der Waals surface area contributed by atoms with E-state index >= 15 is 0 Å². The van der Waals surface area contributed by atoms with Crippen molar-refractivity contribution in [2.24, 2.45) is 0 Å². The van der Waals surface area contributed by atoms with Gasteiger partial charge in [-0.3, -0.25) is 14.5 Å². The fourth-order valence-electron chi connectivity index (χ4n) is 4.09. The van der Waals surface area contributed by atoms with E-state index in [0.717, 1.165) is 23.4 Å². The Morgan fingerprint density at radius 1 is 1.29 bits per heavy atom. The third-order valence-electron chi connectivity index (χ3n) is 5.54. The molecule has 1 N–H and O–H groups in total. The SMILES string of the molecule is C[C@](O)(CN1CCc2nc(-c3ccc(F)c(F)c3)c(C#N)cc2C1)Cn1cc([N+](=O)[O-])nc1Cl.S. The molecule has 1 aliphatic rings. The lowest BCUT2D eigenvalue weighted by atomic mass is 9.97. The van der Waals surface area contributed by atoms with Gasteiger partial charge in [-0.2, -0.15) is 18.8 Å². The highest BCUT2D eigenvalue weighted by Crippen LogP contribution is 2.29. The maximum atomic E-state index is 13.7. The lowest BCUT2D eigenvalue weighted by Crippen LogP contribution is -2.45. The second-order valence-electron chi connectivity index (χ2n) is 8.44. The molecule has 13 heteroatoms. The third kappa shape index (κ3) is 5.76. The van der Waals surface area contributed by atoms with Crippen LogP contribution in [-0.4, -0.2) is 48.2 Å². The van der Waals surface area contributed by atoms with Crippen molar-refractivity contribution in [3.8, 4) is 17.3 Å². The standard InChI is InChI=1S/C22H19ClF2N6O3.H2S/c1-22(32,12-30-10-19(31(33)34)28-21(30)23)11-29-5-4-18-15(9-29)6-14(8-26)20(27-18)13-2-3-16(24)17(25)7-13;/h2-3,6-7,10,32H,4-5,9,11-12H2,1H3;1H2/t22-;/m0./s1. The van der Waals surface area contributed by atoms with Gasteiger partial charge >= 0.3 is 11.1 Å². The van der Waals surface area contributed by atoms with Gasteiger partial charge in [-0.25, -0.2) is 8.78 Å². The number of imidazole rings is 1. The summed E-state index contributed by atoms with van der Waals surface area (Å²) in [7, 11) is 0. The largest absolute Gasteiger partial charge is 0.387 e. The Balaban J connectivity index is 0.00000342. The predicted molar refractivity (Wildman–Crippen MR) is 128 cm³/mol. The second kappa shape index (κ2) is 10.2. The van der Waals surface area contributed by atoms with Gasteiger partial charge in [-0.05, 0) is 58.3 Å². The molecule has 0 saturated carbocycles. The number of β-amino-alcohol motifs (C(OH)–C–C–N with tert-alkyl or cyclic N) is 1. The van der Waals surface area contributed by atoms with E-state index in [9.17, 15) is 29.3 Å². The van der Waals surface area contributed by atoms with Crippen LogP contribution in [0.5, 0.6) is 0 Å². The predicted octanol–water partition coefficient (Wildman–Crippen LogP) is 3.58. The molecule has 4 rings (SSSR count). The van der Waals surface area contributed by atoms with Crippen molar-refractivity contribution >= 4 is 30.9 Å². The molecule has 1 aromatic carbocycles. The van der Waals surface area contributed by atoms with Crippen LogP contribution in [0.3, 0.4) is 0 Å². The number of nitrogens with zero attached hydrogens (tertiary/aromatic N) is 6. The van der Waals surface area contributed by atoms with Crippen LogP contribution < -0.4 is 0 Å². The number of benzene rings is 1. The molecular weight excluding hydrogens is 502 g/mol. The minimum Gasteiger partial charge on any atom is -0.387 e. The number of fused-ring (bicyclic) bond motifs is 1. The summed E-state index contributed by atoms with van der Waals surface area (Å²) in [5.41, 5.74) is 1.08. The normalized spacial score (nSPS) is 15.0. The molecule has 0 aliphatic carbocycles. The van der Waals surface area contributed by atoms with Gasteiger partial charge in [-0.15, -0.1) is 0 Å². The number of hydrogen-bond acceptors (Lipinski definition) is 7. The van der Waals surface area contributed by atoms with Crippen LogP contribution in [0, 0.1) is 33.1 Å². The first-order valence-electron chi connectivity index (χ1n) is 10.3. The number of hydrogen-bond donors (Lipinski definition) is 1. The number of aliphatic hydroxyl groups is 1. The minimum atomic E-state index is -1.28. The van der Waals surface area contributed by atoms with Crippen molar-refractivity contribution in [1.29, 1.82) is 5.26 Å². The zero-order valence-electron chi connectivity index (χ0n) is 18.5. The lowest BCUT2D eigenvalue weighted by Gasteiger charge is -2.34. The molecule has 35 heavy (non-hydrogen) atoms. The average molecular weight is 523 g/mol. The lowest BCUT2D eigenvalue weighted by molar-refractivity contribution is -0.389. The molecule has 1 aliphatic heterocycles. The van der Waals surface area contributed by atoms with Gasteiger partial charge in [0.25, 0.3) is 0 Å². The topological polar surface area (TPSA) is 121 Å². The molecule has 184 valence electrons. The molecule has 0 amide bonds. The van der Waals surface area contributed by atoms with Crippen molar-refractivity contribution in [2.75, 3.05) is 13.1 Å². The van der Waals surface area contributed by atoms with Gasteiger partial charge in [0, 0.05) is 37.3 Å². The van der Waals surface area contributed by atoms with Gasteiger partial charge in [0.05, 0.1) is 23.4 Å². The molecule has 1 atom stereocenters. The number of nitriles is 1. The third-order valence-corrected chi connectivity index (χ3v) is 5.84. The number of nitro groups is 1. The van der Waals surface area contributed by atoms with Crippen LogP contribution in [0.25, 0.3) is 11.3 Å². The summed E-state index contributed by atoms with van der Waals surface area (Å²) in [6, 6.07) is 7.14. The fraction of sp³-hybridized carbons (Fsp3) is 0.318. The zero-order valence-corrected chi connectivity index (χ0v) is 20.3. The molecule has 3 aromatic rings. The summed E-state index contributed by atoms with van der Waals surface area (Å²) in [5, 5.41) is 31.3. The molecule has 0 radical (unpaired) electrons. The summed E-state index contributed by atoms with van der Waals surface area (Å²) >= 11 is 5.96. The van der Waals surface area contributed by atoms with Gasteiger partial charge in [-0.1, -0.05) is 0 Å². The van der Waals surface area contributed by atoms with Crippen LogP contribution in [0.4, 0.5) is 14.6 Å². The summed E-state index contributed by atoms with van der Waals surface area (Å²) in [6.45, 7) is 2.77. The highest BCUT2D eigenvalue weighted by molar-refractivity contribution is 7.59. The van der Waals surface area contributed by atoms with Crippen molar-refractivity contribution in [3.05, 3.63) is 74.3 Å². The van der Waals surface area contributed by atoms with Crippen LogP contribution in [0.1, 0.15) is 23.7 Å². The van der Waals surface area contributed by atoms with Crippen LogP contribution in [0.15, 0.2) is 30.5 Å². The Morgan fingerprint density at radius 3 is 2.66 bits per heavy atom. The molecule has 2 aromatic heterocycles. The Labute approximate surface area is 211 Å². The molecule has 0 fully saturated rings. The maximum absolute atomic E-state index is 13.7. The summed E-state index contributed by atoms with van der Waals surface area (Å²) in [6.07, 6.45) is 1.69. The van der Waals surface area contributed by atoms with E-state index in [1.54, 1.807) is 13.0 Å². The van der Waals surface area contributed by atoms with Crippen molar-refractivity contribution in [1.82, 2.24) is 19.4 Å². The Hall–Kier alpha value is -3.11. The van der Waals surface area contributed by atoms with Crippen LogP contribution in [-0.2, 0) is 19.5 Å². The van der Waals surface area contributed by atoms with Crippen LogP contribution in [0.2, 0.25) is 5.28 Å². The second-order valence-corrected chi connectivity index (χ2v) is 8.78. The van der Waals surface area contributed by atoms with Crippen molar-refractivity contribution in [3.63, 3.8) is 0 Å². The van der Waals surface area contributed by atoms with Crippen molar-refractivity contribution in [2.45, 2.75) is 32.0 Å². The van der Waals surface area contributed by atoms with Gasteiger partial charge < -0.3 is 15.2 Å². The number of pyridine rings is 1. The zero-order chi connectivity index (χ0) is 24.6. The van der Waals surface area contributed by atoms with Gasteiger partial charge in [0.15, 0.2) is 11.6 Å². The number of rotatable bonds is 6.